The molecule has 0 heterocycles. The van der Waals surface area contributed by atoms with Crippen molar-refractivity contribution >= 4 is 75.4 Å². The van der Waals surface area contributed by atoms with Crippen LogP contribution < -0.4 is 0 Å². The monoisotopic (exact) mass is 294 g/mol. The molecule has 0 saturated carbocycles. The van der Waals surface area contributed by atoms with Gasteiger partial charge in [0.05, 0.1) is 12.8 Å². The van der Waals surface area contributed by atoms with Crippen LogP contribution in [0.1, 0.15) is 12.8 Å². The molecular weight excluding hydrogens is 283 g/mol. The van der Waals surface area contributed by atoms with Crippen molar-refractivity contribution in [1.82, 2.24) is 0 Å². The Morgan fingerprint density at radius 2 is 1.00 bits per heavy atom. The van der Waals surface area contributed by atoms with Crippen LogP contribution in [-0.4, -0.2) is 112 Å². The summed E-state index contributed by atoms with van der Waals surface area (Å²) >= 11 is 0. The van der Waals surface area contributed by atoms with Crippen LogP contribution >= 0.6 is 0 Å². The molecule has 6 N–H and O–H groups in total. The van der Waals surface area contributed by atoms with Gasteiger partial charge in [-0.25, -0.2) is 9.59 Å². The molecule has 0 aliphatic heterocycles. The number of aliphatic carboxylic acids is 3. The topological polar surface area (TPSA) is 190 Å². The molecule has 0 saturated heterocycles. The molecule has 0 aromatic rings. The third-order valence-electron chi connectivity index (χ3n) is 1.29. The van der Waals surface area contributed by atoms with Gasteiger partial charge >= 0.3 is 75.4 Å². The summed E-state index contributed by atoms with van der Waals surface area (Å²) in [6, 6.07) is 0. The summed E-state index contributed by atoms with van der Waals surface area (Å²) in [6.45, 7) is 0. The first-order chi connectivity index (χ1) is 7.51. The third kappa shape index (κ3) is 13.3. The number of hydrogen-bond acceptors (Lipinski definition) is 5. The van der Waals surface area contributed by atoms with E-state index in [1.165, 1.54) is 0 Å². The SMILES string of the molecule is O=C(O)CC(O)(CC(=O)O)C(=O)O.O=C(O)O.[KH]. The Bertz CT molecular complexity index is 304. The molecule has 10 nitrogen and oxygen atoms in total. The molecule has 0 radical (unpaired) electrons. The van der Waals surface area contributed by atoms with Crippen molar-refractivity contribution in [3.8, 4) is 0 Å². The van der Waals surface area contributed by atoms with Crippen LogP contribution in [0.25, 0.3) is 0 Å². The van der Waals surface area contributed by atoms with Crippen LogP contribution in [0.4, 0.5) is 4.79 Å². The Morgan fingerprint density at radius 3 is 1.11 bits per heavy atom. The standard InChI is InChI=1S/C6H8O7.CH2O3.K.H/c7-3(8)1-6(13,5(11)12)2-4(9)10;2-1(3)4;;/h13H,1-2H2,(H,7,8)(H,9,10)(H,11,12);(H2,2,3,4);;. The Labute approximate surface area is 142 Å². The van der Waals surface area contributed by atoms with Crippen LogP contribution in [0.3, 0.4) is 0 Å². The zero-order valence-electron chi connectivity index (χ0n) is 8.23. The second-order valence-corrected chi connectivity index (χ2v) is 2.76. The number of carboxylic acids is 3. The van der Waals surface area contributed by atoms with Crippen LogP contribution in [-0.2, 0) is 14.4 Å². The Balaban J connectivity index is -0.000000392. The minimum absolute atomic E-state index is 0. The fourth-order valence-corrected chi connectivity index (χ4v) is 0.714. The first kappa shape index (κ1) is 22.5. The van der Waals surface area contributed by atoms with Crippen molar-refractivity contribution in [3.63, 3.8) is 0 Å². The van der Waals surface area contributed by atoms with Gasteiger partial charge in [0, 0.05) is 0 Å². The molecule has 0 bridgehead atoms. The first-order valence-corrected chi connectivity index (χ1v) is 3.82. The van der Waals surface area contributed by atoms with Gasteiger partial charge in [0.15, 0.2) is 5.60 Å². The van der Waals surface area contributed by atoms with E-state index in [2.05, 4.69) is 0 Å². The van der Waals surface area contributed by atoms with Crippen LogP contribution in [0.5, 0.6) is 0 Å². The van der Waals surface area contributed by atoms with Crippen LogP contribution in [0.15, 0.2) is 0 Å². The normalized spacial score (nSPS) is 9.17. The van der Waals surface area contributed by atoms with Crippen LogP contribution in [0, 0.1) is 0 Å². The Morgan fingerprint density at radius 1 is 0.778 bits per heavy atom. The third-order valence-corrected chi connectivity index (χ3v) is 1.29. The van der Waals surface area contributed by atoms with Gasteiger partial charge in [-0.3, -0.25) is 9.59 Å². The number of aliphatic hydroxyl groups is 1. The molecule has 100 valence electrons. The summed E-state index contributed by atoms with van der Waals surface area (Å²) in [5.74, 6) is -5.02. The van der Waals surface area contributed by atoms with Gasteiger partial charge in [0.1, 0.15) is 0 Å². The molecule has 0 unspecified atom stereocenters. The summed E-state index contributed by atoms with van der Waals surface area (Å²) in [7, 11) is 0. The fourth-order valence-electron chi connectivity index (χ4n) is 0.714. The van der Waals surface area contributed by atoms with Crippen molar-refractivity contribution in [1.29, 1.82) is 0 Å². The van der Waals surface area contributed by atoms with E-state index in [4.69, 9.17) is 35.4 Å². The van der Waals surface area contributed by atoms with Gasteiger partial charge in [-0.2, -0.15) is 0 Å². The molecule has 0 aromatic heterocycles. The summed E-state index contributed by atoms with van der Waals surface area (Å²) in [5.41, 5.74) is -2.74. The van der Waals surface area contributed by atoms with E-state index in [-0.39, 0.29) is 51.4 Å². The maximum atomic E-state index is 10.3. The van der Waals surface area contributed by atoms with E-state index < -0.39 is 42.5 Å². The molecular formula is C7H11KO10. The van der Waals surface area contributed by atoms with Gasteiger partial charge in [-0.05, 0) is 0 Å². The van der Waals surface area contributed by atoms with E-state index in [0.29, 0.717) is 0 Å². The average Bonchev–Trinajstić information content (AvgIpc) is 1.98. The van der Waals surface area contributed by atoms with E-state index in [1.54, 1.807) is 0 Å². The predicted molar refractivity (Wildman–Crippen MR) is 54.9 cm³/mol. The molecule has 0 aliphatic carbocycles. The zero-order chi connectivity index (χ0) is 14.2. The number of rotatable bonds is 5. The molecule has 0 aliphatic rings. The zero-order valence-corrected chi connectivity index (χ0v) is 8.23. The fraction of sp³-hybridized carbons (Fsp3) is 0.429. The second-order valence-electron chi connectivity index (χ2n) is 2.76. The number of carboxylic acid groups (broad SMARTS) is 5. The summed E-state index contributed by atoms with van der Waals surface area (Å²) in [6.07, 6.45) is -4.12. The molecule has 0 atom stereocenters. The average molecular weight is 294 g/mol. The maximum absolute atomic E-state index is 10.3. The summed E-state index contributed by atoms with van der Waals surface area (Å²) in [5, 5.41) is 47.8. The Hall–Kier alpha value is -0.724. The molecule has 11 heteroatoms. The van der Waals surface area contributed by atoms with Crippen LogP contribution in [0.2, 0.25) is 0 Å². The molecule has 0 aromatic carbocycles. The van der Waals surface area contributed by atoms with E-state index in [9.17, 15) is 14.4 Å². The van der Waals surface area contributed by atoms with Crippen molar-refractivity contribution in [2.75, 3.05) is 0 Å². The number of hydrogen-bond donors (Lipinski definition) is 6. The van der Waals surface area contributed by atoms with Gasteiger partial charge in [0.2, 0.25) is 0 Å². The molecule has 0 spiro atoms. The summed E-state index contributed by atoms with van der Waals surface area (Å²) < 4.78 is 0. The molecule has 0 fully saturated rings. The van der Waals surface area contributed by atoms with Crippen molar-refractivity contribution in [2.45, 2.75) is 18.4 Å². The molecule has 0 amide bonds. The van der Waals surface area contributed by atoms with E-state index in [1.807, 2.05) is 0 Å². The van der Waals surface area contributed by atoms with E-state index >= 15 is 0 Å². The van der Waals surface area contributed by atoms with Gasteiger partial charge in [-0.1, -0.05) is 0 Å². The van der Waals surface area contributed by atoms with Gasteiger partial charge in [0.25, 0.3) is 0 Å². The van der Waals surface area contributed by atoms with Crippen molar-refractivity contribution in [3.05, 3.63) is 0 Å². The van der Waals surface area contributed by atoms with Crippen molar-refractivity contribution < 1.29 is 49.8 Å². The number of carbonyl (C=O) groups is 4. The van der Waals surface area contributed by atoms with Gasteiger partial charge in [-0.15, -0.1) is 0 Å². The van der Waals surface area contributed by atoms with Gasteiger partial charge < -0.3 is 30.6 Å². The predicted octanol–water partition coefficient (Wildman–Crippen LogP) is -1.67. The first-order valence-electron chi connectivity index (χ1n) is 3.82. The second kappa shape index (κ2) is 10.2. The molecule has 18 heavy (non-hydrogen) atoms. The van der Waals surface area contributed by atoms with E-state index in [0.717, 1.165) is 0 Å². The summed E-state index contributed by atoms with van der Waals surface area (Å²) in [4.78, 5) is 39.0. The molecule has 0 rings (SSSR count). The Kier molecular flexibility index (Phi) is 12.8. The van der Waals surface area contributed by atoms with Crippen molar-refractivity contribution in [2.24, 2.45) is 0 Å². The quantitative estimate of drug-likeness (QED) is 0.319. The minimum atomic E-state index is -2.74.